The summed E-state index contributed by atoms with van der Waals surface area (Å²) in [6.07, 6.45) is 6.21. The van der Waals surface area contributed by atoms with Gasteiger partial charge in [0.2, 0.25) is 5.88 Å². The topological polar surface area (TPSA) is 34.2 Å². The SMILES string of the molecule is CCNCc1cc(F)cnc1OC1CCCCC1C. The van der Waals surface area contributed by atoms with Crippen LogP contribution in [0.5, 0.6) is 5.88 Å². The molecule has 106 valence electrons. The van der Waals surface area contributed by atoms with Gasteiger partial charge in [-0.05, 0) is 37.8 Å². The molecule has 1 saturated carbocycles. The summed E-state index contributed by atoms with van der Waals surface area (Å²) in [4.78, 5) is 4.12. The zero-order valence-electron chi connectivity index (χ0n) is 11.8. The number of pyridine rings is 1. The van der Waals surface area contributed by atoms with Crippen molar-refractivity contribution in [3.63, 3.8) is 0 Å². The van der Waals surface area contributed by atoms with E-state index in [9.17, 15) is 4.39 Å². The lowest BCUT2D eigenvalue weighted by Gasteiger charge is -2.29. The maximum Gasteiger partial charge on any atom is 0.218 e. The number of hydrogen-bond acceptors (Lipinski definition) is 3. The van der Waals surface area contributed by atoms with E-state index in [0.29, 0.717) is 18.3 Å². The summed E-state index contributed by atoms with van der Waals surface area (Å²) in [5, 5.41) is 3.19. The maximum absolute atomic E-state index is 13.3. The van der Waals surface area contributed by atoms with Gasteiger partial charge in [0.25, 0.3) is 0 Å². The molecule has 1 N–H and O–H groups in total. The van der Waals surface area contributed by atoms with Crippen LogP contribution in [0.15, 0.2) is 12.3 Å². The Morgan fingerprint density at radius 1 is 1.42 bits per heavy atom. The van der Waals surface area contributed by atoms with Crippen molar-refractivity contribution in [2.75, 3.05) is 6.54 Å². The van der Waals surface area contributed by atoms with Crippen molar-refractivity contribution in [1.29, 1.82) is 0 Å². The number of rotatable bonds is 5. The summed E-state index contributed by atoms with van der Waals surface area (Å²) in [6.45, 7) is 5.68. The van der Waals surface area contributed by atoms with Crippen molar-refractivity contribution in [3.8, 4) is 5.88 Å². The molecule has 0 aromatic carbocycles. The van der Waals surface area contributed by atoms with Gasteiger partial charge < -0.3 is 10.1 Å². The average molecular weight is 266 g/mol. The minimum Gasteiger partial charge on any atom is -0.474 e. The molecular weight excluding hydrogens is 243 g/mol. The number of hydrogen-bond donors (Lipinski definition) is 1. The van der Waals surface area contributed by atoms with E-state index in [1.807, 2.05) is 6.92 Å². The lowest BCUT2D eigenvalue weighted by atomic mass is 9.88. The predicted molar refractivity (Wildman–Crippen MR) is 73.6 cm³/mol. The number of halogens is 1. The van der Waals surface area contributed by atoms with E-state index in [4.69, 9.17) is 4.74 Å². The average Bonchev–Trinajstić information content (AvgIpc) is 2.41. The first-order valence-electron chi connectivity index (χ1n) is 7.22. The van der Waals surface area contributed by atoms with E-state index in [1.54, 1.807) is 0 Å². The van der Waals surface area contributed by atoms with E-state index >= 15 is 0 Å². The van der Waals surface area contributed by atoms with E-state index in [2.05, 4.69) is 17.2 Å². The Morgan fingerprint density at radius 3 is 2.95 bits per heavy atom. The maximum atomic E-state index is 13.3. The Balaban J connectivity index is 2.09. The molecule has 0 spiro atoms. The van der Waals surface area contributed by atoms with Crippen LogP contribution in [0.4, 0.5) is 4.39 Å². The second-order valence-electron chi connectivity index (χ2n) is 5.32. The molecule has 0 radical (unpaired) electrons. The highest BCUT2D eigenvalue weighted by Gasteiger charge is 2.24. The molecule has 2 atom stereocenters. The molecule has 0 aliphatic heterocycles. The summed E-state index contributed by atoms with van der Waals surface area (Å²) < 4.78 is 19.3. The first kappa shape index (κ1) is 14.3. The summed E-state index contributed by atoms with van der Waals surface area (Å²) >= 11 is 0. The van der Waals surface area contributed by atoms with Crippen molar-refractivity contribution in [2.24, 2.45) is 5.92 Å². The Labute approximate surface area is 114 Å². The van der Waals surface area contributed by atoms with Crippen molar-refractivity contribution in [3.05, 3.63) is 23.6 Å². The summed E-state index contributed by atoms with van der Waals surface area (Å²) in [6, 6.07) is 1.51. The molecular formula is C15H23FN2O. The largest absolute Gasteiger partial charge is 0.474 e. The molecule has 1 fully saturated rings. The van der Waals surface area contributed by atoms with Gasteiger partial charge in [-0.2, -0.15) is 0 Å². The fraction of sp³-hybridized carbons (Fsp3) is 0.667. The summed E-state index contributed by atoms with van der Waals surface area (Å²) in [5.74, 6) is 0.825. The van der Waals surface area contributed by atoms with Crippen LogP contribution in [-0.4, -0.2) is 17.6 Å². The minimum atomic E-state index is -0.308. The quantitative estimate of drug-likeness (QED) is 0.888. The van der Waals surface area contributed by atoms with Crippen LogP contribution in [0.25, 0.3) is 0 Å². The first-order valence-corrected chi connectivity index (χ1v) is 7.22. The standard InChI is InChI=1S/C15H23FN2O/c1-3-17-9-12-8-13(16)10-18-15(12)19-14-7-5-4-6-11(14)2/h8,10-11,14,17H,3-7,9H2,1-2H3. The lowest BCUT2D eigenvalue weighted by Crippen LogP contribution is -2.29. The van der Waals surface area contributed by atoms with Gasteiger partial charge in [0, 0.05) is 12.1 Å². The molecule has 0 amide bonds. The van der Waals surface area contributed by atoms with E-state index < -0.39 is 0 Å². The molecule has 4 heteroatoms. The molecule has 19 heavy (non-hydrogen) atoms. The van der Waals surface area contributed by atoms with Crippen LogP contribution in [0, 0.1) is 11.7 Å². The monoisotopic (exact) mass is 266 g/mol. The Kier molecular flexibility index (Phi) is 5.14. The van der Waals surface area contributed by atoms with E-state index in [-0.39, 0.29) is 11.9 Å². The Hall–Kier alpha value is -1.16. The molecule has 1 aromatic heterocycles. The normalized spacial score (nSPS) is 23.3. The molecule has 1 heterocycles. The zero-order chi connectivity index (χ0) is 13.7. The van der Waals surface area contributed by atoms with Crippen LogP contribution in [0.2, 0.25) is 0 Å². The highest BCUT2D eigenvalue weighted by atomic mass is 19.1. The molecule has 0 saturated heterocycles. The van der Waals surface area contributed by atoms with Gasteiger partial charge in [-0.1, -0.05) is 20.3 Å². The molecule has 3 nitrogen and oxygen atoms in total. The van der Waals surface area contributed by atoms with Gasteiger partial charge in [-0.25, -0.2) is 9.37 Å². The number of ether oxygens (including phenoxy) is 1. The number of nitrogens with zero attached hydrogens (tertiary/aromatic N) is 1. The van der Waals surface area contributed by atoms with Crippen LogP contribution in [0.1, 0.15) is 45.1 Å². The second-order valence-corrected chi connectivity index (χ2v) is 5.32. The predicted octanol–water partition coefficient (Wildman–Crippen LogP) is 3.29. The van der Waals surface area contributed by atoms with Crippen molar-refractivity contribution >= 4 is 0 Å². The lowest BCUT2D eigenvalue weighted by molar-refractivity contribution is 0.0961. The van der Waals surface area contributed by atoms with Crippen LogP contribution in [-0.2, 0) is 6.54 Å². The van der Waals surface area contributed by atoms with Crippen LogP contribution < -0.4 is 10.1 Å². The van der Waals surface area contributed by atoms with Gasteiger partial charge in [-0.3, -0.25) is 0 Å². The number of aromatic nitrogens is 1. The number of nitrogens with one attached hydrogen (secondary N) is 1. The van der Waals surface area contributed by atoms with Crippen molar-refractivity contribution in [1.82, 2.24) is 10.3 Å². The molecule has 2 rings (SSSR count). The Bertz CT molecular complexity index is 411. The summed E-state index contributed by atoms with van der Waals surface area (Å²) in [5.41, 5.74) is 0.805. The molecule has 1 aromatic rings. The van der Waals surface area contributed by atoms with Gasteiger partial charge in [0.05, 0.1) is 6.20 Å². The van der Waals surface area contributed by atoms with Gasteiger partial charge >= 0.3 is 0 Å². The molecule has 1 aliphatic carbocycles. The van der Waals surface area contributed by atoms with Crippen molar-refractivity contribution < 1.29 is 9.13 Å². The smallest absolute Gasteiger partial charge is 0.218 e. The molecule has 0 bridgehead atoms. The third kappa shape index (κ3) is 3.90. The van der Waals surface area contributed by atoms with Gasteiger partial charge in [0.1, 0.15) is 11.9 Å². The second kappa shape index (κ2) is 6.85. The van der Waals surface area contributed by atoms with E-state index in [1.165, 1.54) is 31.5 Å². The third-order valence-corrected chi connectivity index (χ3v) is 3.75. The highest BCUT2D eigenvalue weighted by Crippen LogP contribution is 2.28. The van der Waals surface area contributed by atoms with Crippen molar-refractivity contribution in [2.45, 2.75) is 52.2 Å². The first-order chi connectivity index (χ1) is 9.20. The third-order valence-electron chi connectivity index (χ3n) is 3.75. The van der Waals surface area contributed by atoms with E-state index in [0.717, 1.165) is 18.5 Å². The van der Waals surface area contributed by atoms with Gasteiger partial charge in [-0.15, -0.1) is 0 Å². The van der Waals surface area contributed by atoms with Gasteiger partial charge in [0.15, 0.2) is 0 Å². The minimum absolute atomic E-state index is 0.215. The summed E-state index contributed by atoms with van der Waals surface area (Å²) in [7, 11) is 0. The highest BCUT2D eigenvalue weighted by molar-refractivity contribution is 5.26. The fourth-order valence-corrected chi connectivity index (χ4v) is 2.56. The fourth-order valence-electron chi connectivity index (χ4n) is 2.56. The zero-order valence-corrected chi connectivity index (χ0v) is 11.8. The molecule has 1 aliphatic rings. The Morgan fingerprint density at radius 2 is 2.21 bits per heavy atom. The van der Waals surface area contributed by atoms with Crippen LogP contribution in [0.3, 0.4) is 0 Å². The molecule has 2 unspecified atom stereocenters. The van der Waals surface area contributed by atoms with Crippen LogP contribution >= 0.6 is 0 Å².